The minimum atomic E-state index is -0.682. The van der Waals surface area contributed by atoms with Crippen LogP contribution in [0, 0.1) is 11.7 Å². The largest absolute Gasteiger partial charge is 0.342 e. The molecular weight excluding hydrogens is 351 g/mol. The minimum Gasteiger partial charge on any atom is -0.342 e. The number of nitrogens with zero attached hydrogens (tertiary/aromatic N) is 6. The highest BCUT2D eigenvalue weighted by Gasteiger charge is 2.35. The highest BCUT2D eigenvalue weighted by Crippen LogP contribution is 2.22. The van der Waals surface area contributed by atoms with E-state index in [1.807, 2.05) is 4.90 Å². The lowest BCUT2D eigenvalue weighted by Crippen LogP contribution is -2.54. The molecular formula is C18H25FN6O2. The van der Waals surface area contributed by atoms with Crippen molar-refractivity contribution in [3.63, 3.8) is 0 Å². The van der Waals surface area contributed by atoms with Crippen LogP contribution in [0.4, 0.5) is 10.3 Å². The molecule has 4 rings (SSSR count). The molecule has 0 unspecified atom stereocenters. The van der Waals surface area contributed by atoms with Gasteiger partial charge in [-0.2, -0.15) is 0 Å². The summed E-state index contributed by atoms with van der Waals surface area (Å²) in [6.45, 7) is 6.90. The van der Waals surface area contributed by atoms with E-state index in [4.69, 9.17) is 0 Å². The third-order valence-electron chi connectivity index (χ3n) is 5.64. The Kier molecular flexibility index (Phi) is 5.20. The maximum atomic E-state index is 14.2. The topological polar surface area (TPSA) is 72.9 Å². The van der Waals surface area contributed by atoms with Gasteiger partial charge in [-0.1, -0.05) is 0 Å². The first-order chi connectivity index (χ1) is 13.1. The summed E-state index contributed by atoms with van der Waals surface area (Å²) in [6, 6.07) is 0. The number of carbonyl (C=O) groups excluding carboxylic acids is 2. The van der Waals surface area contributed by atoms with Crippen molar-refractivity contribution in [3.05, 3.63) is 17.7 Å². The molecule has 27 heavy (non-hydrogen) atoms. The van der Waals surface area contributed by atoms with Gasteiger partial charge in [-0.3, -0.25) is 9.59 Å². The van der Waals surface area contributed by atoms with Crippen LogP contribution in [0.5, 0.6) is 0 Å². The average molecular weight is 376 g/mol. The second kappa shape index (κ2) is 7.75. The maximum Gasteiger partial charge on any atom is 0.275 e. The number of amides is 2. The predicted octanol–water partition coefficient (Wildman–Crippen LogP) is 0.0619. The van der Waals surface area contributed by atoms with Crippen molar-refractivity contribution < 1.29 is 14.0 Å². The number of hydrogen-bond acceptors (Lipinski definition) is 6. The first-order valence-corrected chi connectivity index (χ1v) is 9.62. The number of likely N-dealkylation sites (tertiary alicyclic amines) is 2. The van der Waals surface area contributed by atoms with E-state index in [9.17, 15) is 14.0 Å². The number of piperazine rings is 1. The van der Waals surface area contributed by atoms with Crippen molar-refractivity contribution in [3.8, 4) is 0 Å². The van der Waals surface area contributed by atoms with Crippen LogP contribution in [0.25, 0.3) is 0 Å². The number of carbonyl (C=O) groups is 2. The zero-order chi connectivity index (χ0) is 18.8. The van der Waals surface area contributed by atoms with Gasteiger partial charge in [0.1, 0.15) is 0 Å². The summed E-state index contributed by atoms with van der Waals surface area (Å²) in [7, 11) is 0. The van der Waals surface area contributed by atoms with Gasteiger partial charge in [0.25, 0.3) is 5.91 Å². The van der Waals surface area contributed by atoms with Crippen LogP contribution >= 0.6 is 0 Å². The molecule has 146 valence electrons. The zero-order valence-electron chi connectivity index (χ0n) is 15.4. The second-order valence-corrected chi connectivity index (χ2v) is 7.58. The molecule has 3 aliphatic heterocycles. The van der Waals surface area contributed by atoms with E-state index < -0.39 is 5.82 Å². The van der Waals surface area contributed by atoms with Crippen molar-refractivity contribution in [2.75, 3.05) is 63.8 Å². The van der Waals surface area contributed by atoms with E-state index in [1.165, 1.54) is 12.8 Å². The molecule has 0 bridgehead atoms. The van der Waals surface area contributed by atoms with Crippen molar-refractivity contribution in [2.24, 2.45) is 5.92 Å². The quantitative estimate of drug-likeness (QED) is 0.677. The number of anilines is 1. The maximum absolute atomic E-state index is 14.2. The Hall–Kier alpha value is -2.29. The molecule has 1 aromatic heterocycles. The molecule has 2 amide bonds. The molecule has 3 saturated heterocycles. The van der Waals surface area contributed by atoms with Gasteiger partial charge in [-0.05, 0) is 25.9 Å². The van der Waals surface area contributed by atoms with Gasteiger partial charge in [0.05, 0.1) is 6.20 Å². The summed E-state index contributed by atoms with van der Waals surface area (Å²) >= 11 is 0. The minimum absolute atomic E-state index is 0.155. The van der Waals surface area contributed by atoms with Crippen LogP contribution in [0.1, 0.15) is 23.3 Å². The second-order valence-electron chi connectivity index (χ2n) is 7.58. The van der Waals surface area contributed by atoms with E-state index in [2.05, 4.69) is 14.9 Å². The van der Waals surface area contributed by atoms with Gasteiger partial charge in [-0.25, -0.2) is 14.4 Å². The number of aromatic nitrogens is 2. The SMILES string of the molecule is O=CN1CCN(c2ncc(F)c(C(=O)N3CC(CN4CCCC4)C3)n2)CC1. The normalized spacial score (nSPS) is 21.4. The lowest BCUT2D eigenvalue weighted by molar-refractivity contribution is -0.118. The summed E-state index contributed by atoms with van der Waals surface area (Å²) < 4.78 is 14.2. The molecule has 9 heteroatoms. The molecule has 3 aliphatic rings. The van der Waals surface area contributed by atoms with Crippen molar-refractivity contribution >= 4 is 18.3 Å². The molecule has 3 fully saturated rings. The zero-order valence-corrected chi connectivity index (χ0v) is 15.4. The smallest absolute Gasteiger partial charge is 0.275 e. The summed E-state index contributed by atoms with van der Waals surface area (Å²) in [5, 5.41) is 0. The number of hydrogen-bond donors (Lipinski definition) is 0. The Labute approximate surface area is 157 Å². The Balaban J connectivity index is 1.37. The highest BCUT2D eigenvalue weighted by molar-refractivity contribution is 5.93. The summed E-state index contributed by atoms with van der Waals surface area (Å²) in [6.07, 6.45) is 4.40. The average Bonchev–Trinajstić information content (AvgIpc) is 3.17. The Morgan fingerprint density at radius 1 is 1.15 bits per heavy atom. The summed E-state index contributed by atoms with van der Waals surface area (Å²) in [5.41, 5.74) is -0.155. The van der Waals surface area contributed by atoms with E-state index in [0.29, 0.717) is 51.1 Å². The lowest BCUT2D eigenvalue weighted by Gasteiger charge is -2.41. The van der Waals surface area contributed by atoms with Gasteiger partial charge in [0.2, 0.25) is 12.4 Å². The fraction of sp³-hybridized carbons (Fsp3) is 0.667. The standard InChI is InChI=1S/C18H25FN6O2/c19-15-9-20-18(24-7-5-23(13-26)6-8-24)21-16(15)17(27)25-11-14(12-25)10-22-3-1-2-4-22/h9,13-14H,1-8,10-12H2. The van der Waals surface area contributed by atoms with Crippen LogP contribution in [0.2, 0.25) is 0 Å². The number of rotatable bonds is 5. The Morgan fingerprint density at radius 2 is 1.85 bits per heavy atom. The first kappa shape index (κ1) is 18.1. The number of halogens is 1. The van der Waals surface area contributed by atoms with Crippen molar-refractivity contribution in [1.29, 1.82) is 0 Å². The fourth-order valence-corrected chi connectivity index (χ4v) is 4.02. The first-order valence-electron chi connectivity index (χ1n) is 9.62. The van der Waals surface area contributed by atoms with Crippen LogP contribution in [-0.4, -0.2) is 95.9 Å². The Bertz CT molecular complexity index is 697. The van der Waals surface area contributed by atoms with Crippen molar-refractivity contribution in [1.82, 2.24) is 24.7 Å². The molecule has 0 aliphatic carbocycles. The molecule has 4 heterocycles. The van der Waals surface area contributed by atoms with Gasteiger partial charge < -0.3 is 19.6 Å². The van der Waals surface area contributed by atoms with Gasteiger partial charge in [-0.15, -0.1) is 0 Å². The third-order valence-corrected chi connectivity index (χ3v) is 5.64. The Morgan fingerprint density at radius 3 is 2.52 bits per heavy atom. The van der Waals surface area contributed by atoms with E-state index in [0.717, 1.165) is 32.2 Å². The molecule has 0 aromatic carbocycles. The monoisotopic (exact) mass is 376 g/mol. The molecule has 0 N–H and O–H groups in total. The molecule has 8 nitrogen and oxygen atoms in total. The third kappa shape index (κ3) is 3.87. The molecule has 0 radical (unpaired) electrons. The molecule has 0 spiro atoms. The molecule has 1 aromatic rings. The fourth-order valence-electron chi connectivity index (χ4n) is 4.02. The van der Waals surface area contributed by atoms with Gasteiger partial charge in [0, 0.05) is 51.7 Å². The lowest BCUT2D eigenvalue weighted by atomic mass is 9.99. The highest BCUT2D eigenvalue weighted by atomic mass is 19.1. The van der Waals surface area contributed by atoms with Crippen molar-refractivity contribution in [2.45, 2.75) is 12.8 Å². The predicted molar refractivity (Wildman–Crippen MR) is 96.9 cm³/mol. The van der Waals surface area contributed by atoms with Crippen LogP contribution in [0.3, 0.4) is 0 Å². The van der Waals surface area contributed by atoms with E-state index in [1.54, 1.807) is 9.80 Å². The van der Waals surface area contributed by atoms with Crippen LogP contribution in [0.15, 0.2) is 6.20 Å². The van der Waals surface area contributed by atoms with E-state index in [-0.39, 0.29) is 11.6 Å². The summed E-state index contributed by atoms with van der Waals surface area (Å²) in [5.74, 6) is -0.231. The van der Waals surface area contributed by atoms with Gasteiger partial charge in [0.15, 0.2) is 11.5 Å². The van der Waals surface area contributed by atoms with Crippen LogP contribution in [-0.2, 0) is 4.79 Å². The van der Waals surface area contributed by atoms with Crippen LogP contribution < -0.4 is 4.90 Å². The van der Waals surface area contributed by atoms with E-state index >= 15 is 0 Å². The van der Waals surface area contributed by atoms with Gasteiger partial charge >= 0.3 is 0 Å². The summed E-state index contributed by atoms with van der Waals surface area (Å²) in [4.78, 5) is 39.4. The molecule has 0 atom stereocenters. The molecule has 0 saturated carbocycles.